The minimum Gasteiger partial charge on any atom is -0.370 e. The Morgan fingerprint density at radius 3 is 2.95 bits per heavy atom. The third kappa shape index (κ3) is 1.67. The van der Waals surface area contributed by atoms with Gasteiger partial charge < -0.3 is 10.4 Å². The zero-order valence-corrected chi connectivity index (χ0v) is 11.7. The Morgan fingerprint density at radius 2 is 2.20 bits per heavy atom. The predicted molar refractivity (Wildman–Crippen MR) is 75.6 cm³/mol. The lowest BCUT2D eigenvalue weighted by Crippen LogP contribution is -2.38. The molecule has 1 aromatic carbocycles. The van der Waals surface area contributed by atoms with E-state index in [-0.39, 0.29) is 5.02 Å². The third-order valence-corrected chi connectivity index (χ3v) is 3.74. The summed E-state index contributed by atoms with van der Waals surface area (Å²) >= 11 is 6.16. The molecule has 20 heavy (non-hydrogen) atoms. The second kappa shape index (κ2) is 4.61. The first-order valence-corrected chi connectivity index (χ1v) is 6.82. The molecule has 1 unspecified atom stereocenters. The summed E-state index contributed by atoms with van der Waals surface area (Å²) in [5.74, 6) is -0.501. The molecule has 1 aliphatic heterocycles. The highest BCUT2D eigenvalue weighted by atomic mass is 35.5. The molecule has 0 radical (unpaired) electrons. The number of para-hydroxylation sites is 1. The quantitative estimate of drug-likeness (QED) is 0.910. The number of aliphatic hydroxyl groups is 1. The first-order chi connectivity index (χ1) is 9.59. The van der Waals surface area contributed by atoms with E-state index in [9.17, 15) is 9.90 Å². The van der Waals surface area contributed by atoms with Gasteiger partial charge in [0.1, 0.15) is 5.69 Å². The molecule has 1 amide bonds. The number of nitrogens with zero attached hydrogens (tertiary/aromatic N) is 2. The molecular weight excluding hydrogens is 278 g/mol. The number of fused-ring (bicyclic) bond motifs is 1. The Labute approximate surface area is 121 Å². The highest BCUT2D eigenvalue weighted by Gasteiger charge is 2.50. The maximum absolute atomic E-state index is 12.3. The van der Waals surface area contributed by atoms with E-state index in [1.54, 1.807) is 28.9 Å². The van der Waals surface area contributed by atoms with Crippen LogP contribution in [0.25, 0.3) is 0 Å². The van der Waals surface area contributed by atoms with E-state index in [2.05, 4.69) is 10.4 Å². The molecule has 0 saturated heterocycles. The Morgan fingerprint density at radius 1 is 1.45 bits per heavy atom. The highest BCUT2D eigenvalue weighted by Crippen LogP contribution is 2.42. The lowest BCUT2D eigenvalue weighted by Gasteiger charge is -2.22. The minimum atomic E-state index is -1.79. The molecule has 2 N–H and O–H groups in total. The lowest BCUT2D eigenvalue weighted by atomic mass is 9.91. The van der Waals surface area contributed by atoms with Crippen LogP contribution in [0.1, 0.15) is 24.6 Å². The topological polar surface area (TPSA) is 67.1 Å². The minimum absolute atomic E-state index is 0.285. The molecule has 0 aliphatic carbocycles. The Kier molecular flexibility index (Phi) is 3.03. The monoisotopic (exact) mass is 291 g/mol. The zero-order chi connectivity index (χ0) is 14.3. The van der Waals surface area contributed by atoms with E-state index in [1.165, 1.54) is 6.20 Å². The van der Waals surface area contributed by atoms with Gasteiger partial charge in [0.05, 0.1) is 11.2 Å². The van der Waals surface area contributed by atoms with Crippen molar-refractivity contribution in [3.63, 3.8) is 0 Å². The number of halogens is 1. The SMILES string of the molecule is CCCn1ncc(Cl)c1C1(O)C(=O)Nc2ccccc21. The number of aromatic nitrogens is 2. The average molecular weight is 292 g/mol. The first kappa shape index (κ1) is 13.1. The summed E-state index contributed by atoms with van der Waals surface area (Å²) in [6.45, 7) is 2.58. The number of amides is 1. The number of benzene rings is 1. The van der Waals surface area contributed by atoms with Crippen LogP contribution in [-0.2, 0) is 16.9 Å². The van der Waals surface area contributed by atoms with E-state index < -0.39 is 11.5 Å². The van der Waals surface area contributed by atoms with Gasteiger partial charge >= 0.3 is 0 Å². The summed E-state index contributed by atoms with van der Waals surface area (Å²) in [7, 11) is 0. The number of hydrogen-bond acceptors (Lipinski definition) is 3. The normalized spacial score (nSPS) is 20.9. The molecule has 1 atom stereocenters. The van der Waals surface area contributed by atoms with Gasteiger partial charge in [-0.2, -0.15) is 5.10 Å². The summed E-state index contributed by atoms with van der Waals surface area (Å²) in [5, 5.41) is 18.1. The fourth-order valence-corrected chi connectivity index (χ4v) is 2.86. The molecule has 3 rings (SSSR count). The van der Waals surface area contributed by atoms with Crippen molar-refractivity contribution in [2.24, 2.45) is 0 Å². The molecule has 0 saturated carbocycles. The molecule has 0 spiro atoms. The molecule has 6 heteroatoms. The molecule has 2 heterocycles. The van der Waals surface area contributed by atoms with E-state index >= 15 is 0 Å². The van der Waals surface area contributed by atoms with Crippen molar-refractivity contribution in [2.75, 3.05) is 5.32 Å². The van der Waals surface area contributed by atoms with E-state index in [1.807, 2.05) is 6.92 Å². The first-order valence-electron chi connectivity index (χ1n) is 6.44. The van der Waals surface area contributed by atoms with Crippen LogP contribution in [0.2, 0.25) is 5.02 Å². The summed E-state index contributed by atoms with van der Waals surface area (Å²) in [5.41, 5.74) is -0.368. The fraction of sp³-hybridized carbons (Fsp3) is 0.286. The molecule has 2 aromatic rings. The molecule has 5 nitrogen and oxygen atoms in total. The lowest BCUT2D eigenvalue weighted by molar-refractivity contribution is -0.130. The van der Waals surface area contributed by atoms with E-state index in [0.717, 1.165) is 6.42 Å². The van der Waals surface area contributed by atoms with E-state index in [4.69, 9.17) is 11.6 Å². The van der Waals surface area contributed by atoms with Crippen LogP contribution in [0.15, 0.2) is 30.5 Å². The van der Waals surface area contributed by atoms with Crippen LogP contribution in [0, 0.1) is 0 Å². The predicted octanol–water partition coefficient (Wildman–Crippen LogP) is 2.13. The number of nitrogens with one attached hydrogen (secondary N) is 1. The van der Waals surface area contributed by atoms with Gasteiger partial charge in [0.15, 0.2) is 0 Å². The van der Waals surface area contributed by atoms with Crippen molar-refractivity contribution in [1.82, 2.24) is 9.78 Å². The Bertz CT molecular complexity index is 683. The number of aryl methyl sites for hydroxylation is 1. The Balaban J connectivity index is 2.23. The average Bonchev–Trinajstić information content (AvgIpc) is 2.91. The second-order valence-corrected chi connectivity index (χ2v) is 5.18. The summed E-state index contributed by atoms with van der Waals surface area (Å²) in [4.78, 5) is 12.3. The largest absolute Gasteiger partial charge is 0.370 e. The van der Waals surface area contributed by atoms with Crippen molar-refractivity contribution < 1.29 is 9.90 Å². The van der Waals surface area contributed by atoms with Gasteiger partial charge in [-0.1, -0.05) is 36.7 Å². The van der Waals surface area contributed by atoms with Gasteiger partial charge in [-0.3, -0.25) is 9.48 Å². The Hall–Kier alpha value is -1.85. The van der Waals surface area contributed by atoms with Crippen molar-refractivity contribution in [1.29, 1.82) is 0 Å². The molecule has 0 bridgehead atoms. The molecular formula is C14H14ClN3O2. The summed E-state index contributed by atoms with van der Waals surface area (Å²) < 4.78 is 1.59. The molecule has 1 aliphatic rings. The maximum atomic E-state index is 12.3. The van der Waals surface area contributed by atoms with Crippen LogP contribution in [0.3, 0.4) is 0 Å². The van der Waals surface area contributed by atoms with Crippen LogP contribution in [0.5, 0.6) is 0 Å². The second-order valence-electron chi connectivity index (χ2n) is 4.77. The van der Waals surface area contributed by atoms with Gasteiger partial charge in [0.2, 0.25) is 5.60 Å². The standard InChI is InChI=1S/C14H14ClN3O2/c1-2-7-18-12(10(15)8-16-18)14(20)9-5-3-4-6-11(9)17-13(14)19/h3-6,8,20H,2,7H2,1H3,(H,17,19). The number of rotatable bonds is 3. The smallest absolute Gasteiger partial charge is 0.267 e. The van der Waals surface area contributed by atoms with Gasteiger partial charge in [-0.05, 0) is 12.5 Å². The van der Waals surface area contributed by atoms with Crippen molar-refractivity contribution >= 4 is 23.2 Å². The summed E-state index contributed by atoms with van der Waals surface area (Å²) in [6, 6.07) is 7.04. The number of carbonyl (C=O) groups excluding carboxylic acids is 1. The van der Waals surface area contributed by atoms with Crippen molar-refractivity contribution in [2.45, 2.75) is 25.5 Å². The highest BCUT2D eigenvalue weighted by molar-refractivity contribution is 6.31. The van der Waals surface area contributed by atoms with E-state index in [0.29, 0.717) is 23.5 Å². The zero-order valence-electron chi connectivity index (χ0n) is 10.9. The van der Waals surface area contributed by atoms with Crippen LogP contribution < -0.4 is 5.32 Å². The number of carbonyl (C=O) groups is 1. The van der Waals surface area contributed by atoms with Gasteiger partial charge in [-0.15, -0.1) is 0 Å². The van der Waals surface area contributed by atoms with Crippen LogP contribution in [0.4, 0.5) is 5.69 Å². The van der Waals surface area contributed by atoms with Crippen LogP contribution in [-0.4, -0.2) is 20.8 Å². The van der Waals surface area contributed by atoms with Crippen molar-refractivity contribution in [3.05, 3.63) is 46.7 Å². The van der Waals surface area contributed by atoms with Crippen molar-refractivity contribution in [3.8, 4) is 0 Å². The van der Waals surface area contributed by atoms with Gasteiger partial charge in [0.25, 0.3) is 5.91 Å². The maximum Gasteiger partial charge on any atom is 0.267 e. The molecule has 1 aromatic heterocycles. The third-order valence-electron chi connectivity index (χ3n) is 3.47. The number of anilines is 1. The number of hydrogen-bond donors (Lipinski definition) is 2. The van der Waals surface area contributed by atoms with Gasteiger partial charge in [0, 0.05) is 17.8 Å². The molecule has 0 fully saturated rings. The summed E-state index contributed by atoms with van der Waals surface area (Å²) in [6.07, 6.45) is 2.28. The molecule has 104 valence electrons. The van der Waals surface area contributed by atoms with Gasteiger partial charge in [-0.25, -0.2) is 0 Å². The van der Waals surface area contributed by atoms with Crippen LogP contribution >= 0.6 is 11.6 Å². The fourth-order valence-electron chi connectivity index (χ4n) is 2.58.